The lowest BCUT2D eigenvalue weighted by atomic mass is 9.73. The number of hydrogen-bond donors (Lipinski definition) is 0. The summed E-state index contributed by atoms with van der Waals surface area (Å²) in [6, 6.07) is 0. The lowest BCUT2D eigenvalue weighted by molar-refractivity contribution is -0.187. The Balaban J connectivity index is 2.83. The summed E-state index contributed by atoms with van der Waals surface area (Å²) in [4.78, 5) is 0. The Morgan fingerprint density at radius 2 is 1.53 bits per heavy atom. The van der Waals surface area contributed by atoms with Crippen molar-refractivity contribution >= 4 is 0 Å². The van der Waals surface area contributed by atoms with Crippen LogP contribution < -0.4 is 0 Å². The Kier molecular flexibility index (Phi) is 5.84. The van der Waals surface area contributed by atoms with Crippen LogP contribution in [0.25, 0.3) is 0 Å². The quantitative estimate of drug-likeness (QED) is 0.654. The van der Waals surface area contributed by atoms with Crippen molar-refractivity contribution in [3.63, 3.8) is 0 Å². The van der Waals surface area contributed by atoms with E-state index in [0.29, 0.717) is 17.8 Å². The summed E-state index contributed by atoms with van der Waals surface area (Å²) < 4.78 is 29.9. The first kappa shape index (κ1) is 14.9. The van der Waals surface area contributed by atoms with Gasteiger partial charge < -0.3 is 4.74 Å². The number of hydrogen-bond acceptors (Lipinski definition) is 1. The molecule has 1 nitrogen and oxygen atoms in total. The fourth-order valence-electron chi connectivity index (χ4n) is 3.38. The highest BCUT2D eigenvalue weighted by molar-refractivity contribution is 4.85. The van der Waals surface area contributed by atoms with Crippen molar-refractivity contribution in [3.05, 3.63) is 0 Å². The molecule has 0 bridgehead atoms. The smallest absolute Gasteiger partial charge is 0.319 e. The predicted molar refractivity (Wildman–Crippen MR) is 66.0 cm³/mol. The van der Waals surface area contributed by atoms with Crippen LogP contribution in [0, 0.1) is 23.7 Å². The standard InChI is InChI=1S/C14H26F2O/c1-9(2)11-7-5-6-8-12(17-14(15)16)13(11)10(3)4/h9-14H,5-8H2,1-4H3. The molecule has 0 N–H and O–H groups in total. The monoisotopic (exact) mass is 248 g/mol. The van der Waals surface area contributed by atoms with Crippen LogP contribution in [0.15, 0.2) is 0 Å². The highest BCUT2D eigenvalue weighted by atomic mass is 19.3. The summed E-state index contributed by atoms with van der Waals surface area (Å²) in [7, 11) is 0. The largest absolute Gasteiger partial charge is 0.345 e. The van der Waals surface area contributed by atoms with Gasteiger partial charge in [-0.25, -0.2) is 0 Å². The van der Waals surface area contributed by atoms with E-state index in [1.165, 1.54) is 0 Å². The minimum Gasteiger partial charge on any atom is -0.319 e. The summed E-state index contributed by atoms with van der Waals surface area (Å²) >= 11 is 0. The number of rotatable bonds is 4. The second-order valence-corrected chi connectivity index (χ2v) is 5.95. The Labute approximate surface area is 104 Å². The van der Waals surface area contributed by atoms with E-state index in [1.54, 1.807) is 0 Å². The molecule has 3 unspecified atom stereocenters. The van der Waals surface area contributed by atoms with Gasteiger partial charge >= 0.3 is 6.61 Å². The van der Waals surface area contributed by atoms with Crippen LogP contribution in [0.5, 0.6) is 0 Å². The molecule has 0 saturated heterocycles. The normalized spacial score (nSPS) is 31.2. The van der Waals surface area contributed by atoms with Gasteiger partial charge in [0, 0.05) is 0 Å². The first-order chi connectivity index (χ1) is 7.93. The number of ether oxygens (including phenoxy) is 1. The second-order valence-electron chi connectivity index (χ2n) is 5.95. The Bertz CT molecular complexity index is 216. The summed E-state index contributed by atoms with van der Waals surface area (Å²) in [5, 5.41) is 0. The van der Waals surface area contributed by atoms with Crippen LogP contribution in [0.1, 0.15) is 53.4 Å². The highest BCUT2D eigenvalue weighted by Crippen LogP contribution is 2.40. The zero-order valence-electron chi connectivity index (χ0n) is 11.5. The number of alkyl halides is 2. The van der Waals surface area contributed by atoms with Crippen LogP contribution in [0.2, 0.25) is 0 Å². The Morgan fingerprint density at radius 1 is 0.941 bits per heavy atom. The molecule has 1 aliphatic rings. The van der Waals surface area contributed by atoms with Gasteiger partial charge in [-0.3, -0.25) is 0 Å². The molecular weight excluding hydrogens is 222 g/mol. The molecule has 102 valence electrons. The lowest BCUT2D eigenvalue weighted by Gasteiger charge is -2.36. The van der Waals surface area contributed by atoms with E-state index >= 15 is 0 Å². The molecule has 0 heterocycles. The van der Waals surface area contributed by atoms with Gasteiger partial charge in [0.15, 0.2) is 0 Å². The molecule has 0 aromatic carbocycles. The maximum absolute atomic E-state index is 12.5. The zero-order chi connectivity index (χ0) is 13.0. The van der Waals surface area contributed by atoms with E-state index in [-0.39, 0.29) is 12.0 Å². The molecule has 0 amide bonds. The van der Waals surface area contributed by atoms with Crippen molar-refractivity contribution < 1.29 is 13.5 Å². The summed E-state index contributed by atoms with van der Waals surface area (Å²) in [5.74, 6) is 1.74. The van der Waals surface area contributed by atoms with Crippen LogP contribution in [-0.4, -0.2) is 12.7 Å². The molecule has 1 aliphatic carbocycles. The first-order valence-corrected chi connectivity index (χ1v) is 6.87. The second kappa shape index (κ2) is 6.67. The zero-order valence-corrected chi connectivity index (χ0v) is 11.5. The van der Waals surface area contributed by atoms with Gasteiger partial charge in [-0.05, 0) is 36.5 Å². The van der Waals surface area contributed by atoms with Gasteiger partial charge in [0.25, 0.3) is 0 Å². The summed E-state index contributed by atoms with van der Waals surface area (Å²) in [5.41, 5.74) is 0. The maximum Gasteiger partial charge on any atom is 0.345 e. The Hall–Kier alpha value is -0.180. The maximum atomic E-state index is 12.5. The van der Waals surface area contributed by atoms with E-state index in [9.17, 15) is 8.78 Å². The fourth-order valence-corrected chi connectivity index (χ4v) is 3.38. The molecule has 3 atom stereocenters. The molecule has 0 aromatic heterocycles. The van der Waals surface area contributed by atoms with E-state index in [1.807, 2.05) is 0 Å². The van der Waals surface area contributed by atoms with Gasteiger partial charge in [0.1, 0.15) is 0 Å². The van der Waals surface area contributed by atoms with Crippen LogP contribution >= 0.6 is 0 Å². The Morgan fingerprint density at radius 3 is 2.00 bits per heavy atom. The molecular formula is C14H26F2O. The average Bonchev–Trinajstić information content (AvgIpc) is 2.38. The predicted octanol–water partition coefficient (Wildman–Crippen LogP) is 4.71. The summed E-state index contributed by atoms with van der Waals surface area (Å²) in [6.07, 6.45) is 3.85. The minimum atomic E-state index is -2.63. The minimum absolute atomic E-state index is 0.259. The highest BCUT2D eigenvalue weighted by Gasteiger charge is 2.37. The third-order valence-corrected chi connectivity index (χ3v) is 4.10. The van der Waals surface area contributed by atoms with Crippen molar-refractivity contribution in [2.45, 2.75) is 66.1 Å². The third kappa shape index (κ3) is 4.20. The van der Waals surface area contributed by atoms with Gasteiger partial charge in [0.05, 0.1) is 6.10 Å². The molecule has 0 spiro atoms. The SMILES string of the molecule is CC(C)C1CCCCC(OC(F)F)C1C(C)C. The van der Waals surface area contributed by atoms with Crippen LogP contribution in [0.4, 0.5) is 8.78 Å². The van der Waals surface area contributed by atoms with Gasteiger partial charge in [-0.1, -0.05) is 40.5 Å². The summed E-state index contributed by atoms with van der Waals surface area (Å²) in [6.45, 7) is 6.03. The fraction of sp³-hybridized carbons (Fsp3) is 1.00. The van der Waals surface area contributed by atoms with E-state index < -0.39 is 6.61 Å². The van der Waals surface area contributed by atoms with E-state index in [2.05, 4.69) is 27.7 Å². The first-order valence-electron chi connectivity index (χ1n) is 6.87. The van der Waals surface area contributed by atoms with Gasteiger partial charge in [-0.2, -0.15) is 8.78 Å². The average molecular weight is 248 g/mol. The molecule has 0 aliphatic heterocycles. The molecule has 1 fully saturated rings. The van der Waals surface area contributed by atoms with Crippen LogP contribution in [-0.2, 0) is 4.74 Å². The topological polar surface area (TPSA) is 9.23 Å². The molecule has 0 aromatic rings. The van der Waals surface area contributed by atoms with Gasteiger partial charge in [0.2, 0.25) is 0 Å². The van der Waals surface area contributed by atoms with Crippen LogP contribution in [0.3, 0.4) is 0 Å². The molecule has 1 rings (SSSR count). The van der Waals surface area contributed by atoms with Crippen molar-refractivity contribution in [2.75, 3.05) is 0 Å². The van der Waals surface area contributed by atoms with E-state index in [0.717, 1.165) is 25.7 Å². The van der Waals surface area contributed by atoms with Crippen molar-refractivity contribution in [1.29, 1.82) is 0 Å². The molecule has 1 saturated carbocycles. The van der Waals surface area contributed by atoms with E-state index in [4.69, 9.17) is 4.74 Å². The third-order valence-electron chi connectivity index (χ3n) is 4.10. The lowest BCUT2D eigenvalue weighted by Crippen LogP contribution is -2.36. The van der Waals surface area contributed by atoms with Crippen molar-refractivity contribution in [2.24, 2.45) is 23.7 Å². The van der Waals surface area contributed by atoms with Crippen molar-refractivity contribution in [1.82, 2.24) is 0 Å². The molecule has 17 heavy (non-hydrogen) atoms. The number of halogens is 2. The van der Waals surface area contributed by atoms with Crippen molar-refractivity contribution in [3.8, 4) is 0 Å². The van der Waals surface area contributed by atoms with Gasteiger partial charge in [-0.15, -0.1) is 0 Å². The molecule has 3 heteroatoms. The molecule has 0 radical (unpaired) electrons.